The largest absolute Gasteiger partial charge is 0.457 e. The quantitative estimate of drug-likeness (QED) is 0.405. The summed E-state index contributed by atoms with van der Waals surface area (Å²) >= 11 is 3.19. The lowest BCUT2D eigenvalue weighted by molar-refractivity contribution is -0.115. The van der Waals surface area contributed by atoms with Crippen molar-refractivity contribution in [3.8, 4) is 27.5 Å². The maximum Gasteiger partial charge on any atom is 0.230 e. The van der Waals surface area contributed by atoms with Gasteiger partial charge < -0.3 is 10.1 Å². The zero-order valence-electron chi connectivity index (χ0n) is 16.1. The van der Waals surface area contributed by atoms with Gasteiger partial charge in [0.25, 0.3) is 0 Å². The van der Waals surface area contributed by atoms with E-state index < -0.39 is 0 Å². The highest BCUT2D eigenvalue weighted by molar-refractivity contribution is 7.20. The van der Waals surface area contributed by atoms with E-state index >= 15 is 0 Å². The minimum absolute atomic E-state index is 0.109. The number of amides is 1. The molecule has 0 aliphatic heterocycles. The average Bonchev–Trinajstić information content (AvgIpc) is 3.42. The van der Waals surface area contributed by atoms with E-state index in [4.69, 9.17) is 10.00 Å². The number of rotatable bonds is 6. The van der Waals surface area contributed by atoms with E-state index in [0.717, 1.165) is 26.8 Å². The van der Waals surface area contributed by atoms with Crippen LogP contribution in [-0.2, 0) is 11.2 Å². The number of nitriles is 1. The third-order valence-corrected chi connectivity index (χ3v) is 6.25. The summed E-state index contributed by atoms with van der Waals surface area (Å²) in [6.07, 6.45) is 0.227. The first kappa shape index (κ1) is 19.8. The van der Waals surface area contributed by atoms with Crippen molar-refractivity contribution >= 4 is 34.3 Å². The molecule has 2 aromatic heterocycles. The Balaban J connectivity index is 1.38. The highest BCUT2D eigenvalue weighted by Gasteiger charge is 2.11. The van der Waals surface area contributed by atoms with Gasteiger partial charge >= 0.3 is 0 Å². The molecule has 0 saturated heterocycles. The fourth-order valence-electron chi connectivity index (χ4n) is 2.83. The van der Waals surface area contributed by atoms with Crippen LogP contribution in [0.25, 0.3) is 9.88 Å². The van der Waals surface area contributed by atoms with Crippen LogP contribution in [0.1, 0.15) is 16.8 Å². The first-order chi connectivity index (χ1) is 14.6. The van der Waals surface area contributed by atoms with Crippen LogP contribution in [-0.4, -0.2) is 10.9 Å². The highest BCUT2D eigenvalue weighted by atomic mass is 32.1. The average molecular weight is 432 g/mol. The van der Waals surface area contributed by atoms with Crippen molar-refractivity contribution < 1.29 is 9.53 Å². The molecule has 0 aliphatic carbocycles. The number of hydrogen-bond acceptors (Lipinski definition) is 6. The number of benzene rings is 2. The van der Waals surface area contributed by atoms with Crippen molar-refractivity contribution in [1.29, 1.82) is 5.26 Å². The Bertz CT molecular complexity index is 1210. The Hall–Kier alpha value is -3.47. The minimum atomic E-state index is -0.109. The van der Waals surface area contributed by atoms with Crippen LogP contribution in [0, 0.1) is 18.3 Å². The molecule has 0 saturated carbocycles. The molecule has 148 valence electrons. The molecule has 0 unspecified atom stereocenters. The van der Waals surface area contributed by atoms with Crippen molar-refractivity contribution in [2.75, 3.05) is 5.32 Å². The van der Waals surface area contributed by atoms with Crippen molar-refractivity contribution in [2.24, 2.45) is 0 Å². The number of carbonyl (C=O) groups excluding carboxylic acids is 1. The number of thiazole rings is 1. The molecule has 0 aliphatic rings. The Morgan fingerprint density at radius 1 is 1.13 bits per heavy atom. The van der Waals surface area contributed by atoms with Crippen LogP contribution in [0.4, 0.5) is 5.69 Å². The zero-order chi connectivity index (χ0) is 20.9. The summed E-state index contributed by atoms with van der Waals surface area (Å²) in [5.41, 5.74) is 2.98. The predicted molar refractivity (Wildman–Crippen MR) is 120 cm³/mol. The third-order valence-electron chi connectivity index (χ3n) is 4.32. The summed E-state index contributed by atoms with van der Waals surface area (Å²) in [6.45, 7) is 1.92. The Kier molecular flexibility index (Phi) is 5.89. The van der Waals surface area contributed by atoms with E-state index in [1.807, 2.05) is 41.9 Å². The number of anilines is 1. The summed E-state index contributed by atoms with van der Waals surface area (Å²) < 4.78 is 5.82. The van der Waals surface area contributed by atoms with E-state index in [9.17, 15) is 4.79 Å². The smallest absolute Gasteiger partial charge is 0.230 e. The molecule has 4 rings (SSSR count). The molecule has 2 aromatic carbocycles. The van der Waals surface area contributed by atoms with Gasteiger partial charge in [-0.3, -0.25) is 4.79 Å². The number of ether oxygens (including phenoxy) is 1. The molecule has 0 bridgehead atoms. The van der Waals surface area contributed by atoms with Gasteiger partial charge in [-0.05, 0) is 66.4 Å². The van der Waals surface area contributed by atoms with E-state index in [1.165, 1.54) is 0 Å². The molecule has 0 spiro atoms. The van der Waals surface area contributed by atoms with E-state index in [0.29, 0.717) is 17.1 Å². The molecular formula is C23H17N3O2S2. The lowest BCUT2D eigenvalue weighted by atomic mass is 10.2. The highest BCUT2D eigenvalue weighted by Crippen LogP contribution is 2.29. The number of thiophene rings is 1. The van der Waals surface area contributed by atoms with Crippen molar-refractivity contribution in [3.05, 3.63) is 82.2 Å². The van der Waals surface area contributed by atoms with Gasteiger partial charge in [0.15, 0.2) is 0 Å². The van der Waals surface area contributed by atoms with Crippen LogP contribution in [0.15, 0.2) is 65.4 Å². The normalized spacial score (nSPS) is 10.4. The molecule has 0 radical (unpaired) electrons. The lowest BCUT2D eigenvalue weighted by Gasteiger charge is -2.11. The van der Waals surface area contributed by atoms with Crippen LogP contribution in [0.2, 0.25) is 0 Å². The number of hydrogen-bond donors (Lipinski definition) is 1. The molecule has 1 amide bonds. The van der Waals surface area contributed by atoms with Crippen LogP contribution < -0.4 is 10.1 Å². The second kappa shape index (κ2) is 8.91. The van der Waals surface area contributed by atoms with E-state index in [2.05, 4.69) is 16.4 Å². The maximum atomic E-state index is 12.5. The summed E-state index contributed by atoms with van der Waals surface area (Å²) in [4.78, 5) is 18.1. The van der Waals surface area contributed by atoms with Crippen LogP contribution in [0.5, 0.6) is 11.5 Å². The molecule has 5 nitrogen and oxygen atoms in total. The Morgan fingerprint density at radius 3 is 2.63 bits per heavy atom. The van der Waals surface area contributed by atoms with Crippen molar-refractivity contribution in [3.63, 3.8) is 0 Å². The number of nitrogens with one attached hydrogen (secondary N) is 1. The Morgan fingerprint density at radius 2 is 1.93 bits per heavy atom. The van der Waals surface area contributed by atoms with Crippen molar-refractivity contribution in [1.82, 2.24) is 4.98 Å². The van der Waals surface area contributed by atoms with E-state index in [-0.39, 0.29) is 12.3 Å². The molecule has 0 fully saturated rings. The predicted octanol–water partition coefficient (Wildman–Crippen LogP) is 6.03. The SMILES string of the molecule is Cc1cc(Oc2ccc(C#N)cc2)ccc1NC(=O)Cc1csc(-c2cccs2)n1. The molecule has 2 heterocycles. The summed E-state index contributed by atoms with van der Waals surface area (Å²) in [5, 5.41) is 16.7. The third kappa shape index (κ3) is 4.74. The fraction of sp³-hybridized carbons (Fsp3) is 0.0870. The fourth-order valence-corrected chi connectivity index (χ4v) is 4.47. The van der Waals surface area contributed by atoms with Crippen LogP contribution in [0.3, 0.4) is 0 Å². The summed E-state index contributed by atoms with van der Waals surface area (Å²) in [7, 11) is 0. The van der Waals surface area contributed by atoms with Gasteiger partial charge in [-0.1, -0.05) is 6.07 Å². The van der Waals surface area contributed by atoms with Gasteiger partial charge in [-0.15, -0.1) is 22.7 Å². The van der Waals surface area contributed by atoms with Gasteiger partial charge in [0, 0.05) is 11.1 Å². The minimum Gasteiger partial charge on any atom is -0.457 e. The van der Waals surface area contributed by atoms with Gasteiger partial charge in [-0.2, -0.15) is 5.26 Å². The summed E-state index contributed by atoms with van der Waals surface area (Å²) in [5.74, 6) is 1.20. The van der Waals surface area contributed by atoms with Gasteiger partial charge in [0.1, 0.15) is 16.5 Å². The lowest BCUT2D eigenvalue weighted by Crippen LogP contribution is -2.15. The van der Waals surface area contributed by atoms with Crippen LogP contribution >= 0.6 is 22.7 Å². The molecule has 0 atom stereocenters. The molecule has 30 heavy (non-hydrogen) atoms. The van der Waals surface area contributed by atoms with Gasteiger partial charge in [0.05, 0.1) is 28.6 Å². The van der Waals surface area contributed by atoms with Gasteiger partial charge in [0.2, 0.25) is 5.91 Å². The monoisotopic (exact) mass is 431 g/mol. The standard InChI is InChI=1S/C23H17N3O2S2/c1-15-11-19(28-18-6-4-16(13-24)5-7-18)8-9-20(15)26-22(27)12-17-14-30-23(25-17)21-3-2-10-29-21/h2-11,14H,12H2,1H3,(H,26,27). The first-order valence-electron chi connectivity index (χ1n) is 9.17. The molecular weight excluding hydrogens is 414 g/mol. The second-order valence-electron chi connectivity index (χ2n) is 6.56. The van der Waals surface area contributed by atoms with Crippen molar-refractivity contribution in [2.45, 2.75) is 13.3 Å². The first-order valence-corrected chi connectivity index (χ1v) is 10.9. The summed E-state index contributed by atoms with van der Waals surface area (Å²) in [6, 6.07) is 18.5. The molecule has 4 aromatic rings. The second-order valence-corrected chi connectivity index (χ2v) is 8.37. The number of carbonyl (C=O) groups is 1. The number of aryl methyl sites for hydroxylation is 1. The van der Waals surface area contributed by atoms with E-state index in [1.54, 1.807) is 53.0 Å². The topological polar surface area (TPSA) is 75.0 Å². The number of aromatic nitrogens is 1. The molecule has 1 N–H and O–H groups in total. The molecule has 7 heteroatoms. The zero-order valence-corrected chi connectivity index (χ0v) is 17.7. The maximum absolute atomic E-state index is 12.5. The Labute approximate surface area is 182 Å². The number of nitrogens with zero attached hydrogens (tertiary/aromatic N) is 2. The van der Waals surface area contributed by atoms with Gasteiger partial charge in [-0.25, -0.2) is 4.98 Å².